The Bertz CT molecular complexity index is 3100. The summed E-state index contributed by atoms with van der Waals surface area (Å²) in [5, 5.41) is 1.24. The monoisotopic (exact) mass is 782 g/mol. The van der Waals surface area contributed by atoms with Gasteiger partial charge in [0, 0.05) is 45.0 Å². The number of aromatic nitrogens is 1. The van der Waals surface area contributed by atoms with Crippen molar-refractivity contribution in [2.24, 2.45) is 0 Å². The van der Waals surface area contributed by atoms with E-state index in [-0.39, 0.29) is 5.41 Å². The number of nitrogens with zero attached hydrogens (tertiary/aromatic N) is 2. The highest BCUT2D eigenvalue weighted by Crippen LogP contribution is 2.50. The van der Waals surface area contributed by atoms with Crippen LogP contribution in [0.2, 0.25) is 0 Å². The third-order valence-corrected chi connectivity index (χ3v) is 13.0. The van der Waals surface area contributed by atoms with Crippen molar-refractivity contribution in [1.82, 2.24) is 4.57 Å². The lowest BCUT2D eigenvalue weighted by Gasteiger charge is -2.31. The lowest BCUT2D eigenvalue weighted by molar-refractivity contribution is 0.660. The van der Waals surface area contributed by atoms with Crippen molar-refractivity contribution >= 4 is 22.3 Å². The van der Waals surface area contributed by atoms with Gasteiger partial charge in [0.25, 0.3) is 0 Å². The summed E-state index contributed by atoms with van der Waals surface area (Å²) in [5.74, 6) is 0.365. The van der Waals surface area contributed by atoms with Gasteiger partial charge >= 0.3 is 0 Å². The fraction of sp³-hybridized carbons (Fsp3) is 0.0847. The molecule has 0 radical (unpaired) electrons. The summed E-state index contributed by atoms with van der Waals surface area (Å²) >= 11 is 0. The van der Waals surface area contributed by atoms with Gasteiger partial charge in [-0.15, -0.1) is 0 Å². The molecule has 1 aromatic heterocycles. The van der Waals surface area contributed by atoms with Crippen LogP contribution in [0, 0.1) is 0 Å². The second-order valence-electron chi connectivity index (χ2n) is 16.9. The summed E-state index contributed by atoms with van der Waals surface area (Å²) in [6, 6.07) is 75.4. The van der Waals surface area contributed by atoms with Crippen LogP contribution in [0.5, 0.6) is 0 Å². The van der Waals surface area contributed by atoms with Crippen LogP contribution in [0.1, 0.15) is 42.9 Å². The van der Waals surface area contributed by atoms with Crippen LogP contribution >= 0.6 is 0 Å². The Kier molecular flexibility index (Phi) is 9.01. The van der Waals surface area contributed by atoms with Crippen LogP contribution in [-0.2, 0) is 5.41 Å². The van der Waals surface area contributed by atoms with Gasteiger partial charge < -0.3 is 9.47 Å². The molecule has 2 heteroatoms. The predicted molar refractivity (Wildman–Crippen MR) is 257 cm³/mol. The molecule has 1 atom stereocenters. The molecule has 2 nitrogen and oxygen atoms in total. The minimum atomic E-state index is -0.0866. The maximum absolute atomic E-state index is 2.44. The molecule has 9 aromatic rings. The number of anilines is 2. The third-order valence-electron chi connectivity index (χ3n) is 13.0. The lowest BCUT2D eigenvalue weighted by Crippen LogP contribution is -2.19. The molecule has 0 saturated carbocycles. The molecule has 292 valence electrons. The van der Waals surface area contributed by atoms with Crippen molar-refractivity contribution in [2.45, 2.75) is 31.6 Å². The Balaban J connectivity index is 0.964. The first-order valence-corrected chi connectivity index (χ1v) is 21.5. The molecular weight excluding hydrogens is 737 g/mol. The Hall–Kier alpha value is -7.42. The SMILES string of the molecule is CC1(C)c2ccccc2-c2ccc(N(C3=CCC(c4ccccc4)C=C3)c3ccc(-c4ccc(-n5c(-c6ccccc6)c(-c6ccccc6)c6ccccc65)cc4)cc3)cc21. The van der Waals surface area contributed by atoms with E-state index in [1.165, 1.54) is 83.6 Å². The zero-order chi connectivity index (χ0) is 40.9. The van der Waals surface area contributed by atoms with Crippen LogP contribution in [0.15, 0.2) is 230 Å². The minimum absolute atomic E-state index is 0.0866. The highest BCUT2D eigenvalue weighted by Gasteiger charge is 2.36. The van der Waals surface area contributed by atoms with Gasteiger partial charge in [0.2, 0.25) is 0 Å². The quantitative estimate of drug-likeness (QED) is 0.149. The third kappa shape index (κ3) is 6.35. The van der Waals surface area contributed by atoms with Gasteiger partial charge in [-0.2, -0.15) is 0 Å². The number of fused-ring (bicyclic) bond motifs is 4. The molecule has 0 bridgehead atoms. The van der Waals surface area contributed by atoms with E-state index in [9.17, 15) is 0 Å². The zero-order valence-corrected chi connectivity index (χ0v) is 34.5. The lowest BCUT2D eigenvalue weighted by atomic mass is 9.82. The Morgan fingerprint density at radius 2 is 1.10 bits per heavy atom. The summed E-state index contributed by atoms with van der Waals surface area (Å²) in [6.07, 6.45) is 8.06. The molecule has 0 N–H and O–H groups in total. The summed E-state index contributed by atoms with van der Waals surface area (Å²) in [5.41, 5.74) is 19.8. The maximum atomic E-state index is 2.44. The number of hydrogen-bond acceptors (Lipinski definition) is 1. The molecule has 2 aliphatic rings. The molecule has 1 unspecified atom stereocenters. The molecule has 0 saturated heterocycles. The van der Waals surface area contributed by atoms with Crippen molar-refractivity contribution in [2.75, 3.05) is 4.90 Å². The van der Waals surface area contributed by atoms with E-state index in [0.29, 0.717) is 5.92 Å². The summed E-state index contributed by atoms with van der Waals surface area (Å²) in [7, 11) is 0. The fourth-order valence-corrected chi connectivity index (χ4v) is 9.88. The smallest absolute Gasteiger partial charge is 0.0619 e. The van der Waals surface area contributed by atoms with Gasteiger partial charge in [-0.1, -0.05) is 190 Å². The minimum Gasteiger partial charge on any atom is -0.311 e. The molecule has 8 aromatic carbocycles. The zero-order valence-electron chi connectivity index (χ0n) is 34.5. The van der Waals surface area contributed by atoms with E-state index in [2.05, 4.69) is 248 Å². The molecule has 0 spiro atoms. The molecular formula is C59H46N2. The highest BCUT2D eigenvalue weighted by molar-refractivity contribution is 6.05. The number of hydrogen-bond donors (Lipinski definition) is 0. The highest BCUT2D eigenvalue weighted by atomic mass is 15.1. The molecule has 0 fully saturated rings. The van der Waals surface area contributed by atoms with Gasteiger partial charge in [-0.25, -0.2) is 0 Å². The number of benzene rings is 8. The largest absolute Gasteiger partial charge is 0.311 e. The second kappa shape index (κ2) is 15.0. The van der Waals surface area contributed by atoms with Crippen molar-refractivity contribution in [3.05, 3.63) is 247 Å². The number of rotatable bonds is 8. The van der Waals surface area contributed by atoms with Crippen molar-refractivity contribution in [1.29, 1.82) is 0 Å². The van der Waals surface area contributed by atoms with E-state index in [4.69, 9.17) is 0 Å². The Morgan fingerprint density at radius 3 is 1.80 bits per heavy atom. The molecule has 1 heterocycles. The second-order valence-corrected chi connectivity index (χ2v) is 16.9. The molecule has 2 aliphatic carbocycles. The van der Waals surface area contributed by atoms with Crippen LogP contribution in [-0.4, -0.2) is 4.57 Å². The first-order chi connectivity index (χ1) is 30.0. The van der Waals surface area contributed by atoms with Gasteiger partial charge in [-0.3, -0.25) is 0 Å². The summed E-state index contributed by atoms with van der Waals surface area (Å²) in [4.78, 5) is 2.44. The topological polar surface area (TPSA) is 8.17 Å². The van der Waals surface area contributed by atoms with E-state index in [1.54, 1.807) is 0 Å². The Morgan fingerprint density at radius 1 is 0.508 bits per heavy atom. The van der Waals surface area contributed by atoms with Gasteiger partial charge in [0.05, 0.1) is 11.2 Å². The number of allylic oxidation sites excluding steroid dienone is 3. The predicted octanol–water partition coefficient (Wildman–Crippen LogP) is 15.7. The van der Waals surface area contributed by atoms with Crippen molar-refractivity contribution in [3.63, 3.8) is 0 Å². The normalized spacial score (nSPS) is 15.0. The van der Waals surface area contributed by atoms with E-state index in [0.717, 1.165) is 17.8 Å². The van der Waals surface area contributed by atoms with E-state index >= 15 is 0 Å². The standard InChI is InChI=1S/C59H46N2/c1-59(2)54-24-14-12-22-51(54)52-39-38-50(40-55(52)59)60(47-32-26-42(27-33-47)41-16-6-3-7-17-41)48-34-28-43(29-35-48)44-30-36-49(37-31-44)61-56-25-15-13-23-53(56)57(45-18-8-4-9-19-45)58(61)46-20-10-5-11-21-46/h3-26,28-40,42H,27H2,1-2H3. The first kappa shape index (κ1) is 36.6. The molecule has 61 heavy (non-hydrogen) atoms. The van der Waals surface area contributed by atoms with Crippen LogP contribution in [0.25, 0.3) is 61.2 Å². The van der Waals surface area contributed by atoms with Crippen molar-refractivity contribution in [3.8, 4) is 50.3 Å². The van der Waals surface area contributed by atoms with Crippen LogP contribution in [0.3, 0.4) is 0 Å². The summed E-state index contributed by atoms with van der Waals surface area (Å²) in [6.45, 7) is 4.72. The van der Waals surface area contributed by atoms with Gasteiger partial charge in [0.1, 0.15) is 0 Å². The fourth-order valence-electron chi connectivity index (χ4n) is 9.88. The van der Waals surface area contributed by atoms with Crippen LogP contribution < -0.4 is 4.90 Å². The van der Waals surface area contributed by atoms with Crippen LogP contribution in [0.4, 0.5) is 11.4 Å². The first-order valence-electron chi connectivity index (χ1n) is 21.5. The molecule has 11 rings (SSSR count). The molecule has 0 aliphatic heterocycles. The average molecular weight is 783 g/mol. The Labute approximate surface area is 359 Å². The van der Waals surface area contributed by atoms with Gasteiger partial charge in [0.15, 0.2) is 0 Å². The maximum Gasteiger partial charge on any atom is 0.0619 e. The molecule has 0 amide bonds. The number of para-hydroxylation sites is 1. The average Bonchev–Trinajstić information content (AvgIpc) is 3.79. The van der Waals surface area contributed by atoms with Gasteiger partial charge in [-0.05, 0) is 105 Å². The summed E-state index contributed by atoms with van der Waals surface area (Å²) < 4.78 is 2.43. The van der Waals surface area contributed by atoms with Crippen molar-refractivity contribution < 1.29 is 0 Å². The van der Waals surface area contributed by atoms with E-state index in [1.807, 2.05) is 0 Å². The van der Waals surface area contributed by atoms with E-state index < -0.39 is 0 Å².